The highest BCUT2D eigenvalue weighted by Crippen LogP contribution is 2.41. The summed E-state index contributed by atoms with van der Waals surface area (Å²) in [6.07, 6.45) is 1.82. The monoisotopic (exact) mass is 448 g/mol. The molecule has 10 heteroatoms. The van der Waals surface area contributed by atoms with Gasteiger partial charge in [-0.05, 0) is 28.8 Å². The Morgan fingerprint density at radius 3 is 2.35 bits per heavy atom. The number of guanidine groups is 1. The summed E-state index contributed by atoms with van der Waals surface area (Å²) in [6.45, 7) is 0. The first-order valence-corrected chi connectivity index (χ1v) is 9.72. The number of anilines is 3. The molecule has 0 aliphatic carbocycles. The van der Waals surface area contributed by atoms with E-state index in [2.05, 4.69) is 20.6 Å². The number of nitrogens with one attached hydrogen (secondary N) is 2. The number of aliphatic imine (C=N–C) groups is 1. The number of aromatic nitrogens is 1. The molecule has 0 amide bonds. The molecule has 1 unspecified atom stereocenters. The zero-order valence-electron chi connectivity index (χ0n) is 15.8. The molecule has 31 heavy (non-hydrogen) atoms. The van der Waals surface area contributed by atoms with Crippen LogP contribution in [0.5, 0.6) is 0 Å². The second-order valence-electron chi connectivity index (χ2n) is 6.65. The molecule has 1 aromatic heterocycles. The van der Waals surface area contributed by atoms with Gasteiger partial charge < -0.3 is 16.8 Å². The third-order valence-corrected chi connectivity index (χ3v) is 5.58. The van der Waals surface area contributed by atoms with Crippen LogP contribution < -0.4 is 22.1 Å². The van der Waals surface area contributed by atoms with Crippen LogP contribution in [0.1, 0.15) is 22.7 Å². The summed E-state index contributed by atoms with van der Waals surface area (Å²) in [5, 5.41) is 24.7. The molecule has 0 saturated carbocycles. The van der Waals surface area contributed by atoms with Gasteiger partial charge in [-0.1, -0.05) is 53.5 Å². The molecular formula is C21H14Cl2N8. The van der Waals surface area contributed by atoms with E-state index in [-0.39, 0.29) is 23.0 Å². The average molecular weight is 449 g/mol. The maximum Gasteiger partial charge on any atom is 0.211 e. The molecule has 2 aromatic carbocycles. The van der Waals surface area contributed by atoms with Crippen LogP contribution in [0.4, 0.5) is 17.3 Å². The minimum Gasteiger partial charge on any atom is -0.397 e. The van der Waals surface area contributed by atoms with E-state index in [0.29, 0.717) is 21.4 Å². The van der Waals surface area contributed by atoms with Gasteiger partial charge in [-0.2, -0.15) is 10.5 Å². The van der Waals surface area contributed by atoms with Crippen molar-refractivity contribution in [3.05, 3.63) is 69.2 Å². The van der Waals surface area contributed by atoms with Crippen LogP contribution in [0, 0.1) is 22.8 Å². The first-order valence-electron chi connectivity index (χ1n) is 8.97. The van der Waals surface area contributed by atoms with Gasteiger partial charge in [0.25, 0.3) is 0 Å². The van der Waals surface area contributed by atoms with Gasteiger partial charge in [-0.15, -0.1) is 0 Å². The molecule has 0 radical (unpaired) electrons. The predicted octanol–water partition coefficient (Wildman–Crippen LogP) is 4.03. The minimum atomic E-state index is -0.602. The summed E-state index contributed by atoms with van der Waals surface area (Å²) in [7, 11) is 0. The predicted molar refractivity (Wildman–Crippen MR) is 121 cm³/mol. The third-order valence-electron chi connectivity index (χ3n) is 4.84. The van der Waals surface area contributed by atoms with Crippen LogP contribution in [-0.2, 0) is 0 Å². The van der Waals surface area contributed by atoms with Crippen LogP contribution in [0.3, 0.4) is 0 Å². The van der Waals surface area contributed by atoms with Gasteiger partial charge in [0, 0.05) is 5.56 Å². The van der Waals surface area contributed by atoms with Crippen LogP contribution in [0.15, 0.2) is 47.5 Å². The van der Waals surface area contributed by atoms with Gasteiger partial charge >= 0.3 is 0 Å². The van der Waals surface area contributed by atoms with Crippen molar-refractivity contribution in [1.29, 1.82) is 10.5 Å². The lowest BCUT2D eigenvalue weighted by molar-refractivity contribution is 0.847. The molecular weight excluding hydrogens is 435 g/mol. The van der Waals surface area contributed by atoms with Crippen LogP contribution in [0.25, 0.3) is 11.1 Å². The molecule has 0 saturated heterocycles. The molecule has 1 aliphatic rings. The van der Waals surface area contributed by atoms with Crippen LogP contribution >= 0.6 is 23.2 Å². The Morgan fingerprint density at radius 1 is 1.00 bits per heavy atom. The fraction of sp³-hybridized carbons (Fsp3) is 0.0476. The number of nitrogens with two attached hydrogens (primary N) is 2. The van der Waals surface area contributed by atoms with Gasteiger partial charge in [0.1, 0.15) is 29.3 Å². The lowest BCUT2D eigenvalue weighted by Gasteiger charge is -2.26. The number of nitriles is 2. The van der Waals surface area contributed by atoms with Crippen molar-refractivity contribution >= 4 is 46.5 Å². The van der Waals surface area contributed by atoms with E-state index in [1.54, 1.807) is 12.1 Å². The number of halogens is 2. The van der Waals surface area contributed by atoms with Crippen molar-refractivity contribution in [2.75, 3.05) is 16.8 Å². The highest BCUT2D eigenvalue weighted by Gasteiger charge is 2.29. The van der Waals surface area contributed by atoms with E-state index >= 15 is 0 Å². The Morgan fingerprint density at radius 2 is 1.71 bits per heavy atom. The number of hydrogen-bond donors (Lipinski definition) is 4. The summed E-state index contributed by atoms with van der Waals surface area (Å²) in [6, 6.07) is 14.4. The number of pyridine rings is 1. The van der Waals surface area contributed by atoms with E-state index in [1.807, 2.05) is 42.6 Å². The first kappa shape index (κ1) is 20.3. The highest BCUT2D eigenvalue weighted by atomic mass is 35.5. The van der Waals surface area contributed by atoms with E-state index < -0.39 is 6.04 Å². The number of nitrogen functional groups attached to an aromatic ring is 2. The van der Waals surface area contributed by atoms with Gasteiger partial charge in [0.05, 0.1) is 15.7 Å². The molecule has 1 atom stereocenters. The molecule has 0 spiro atoms. The van der Waals surface area contributed by atoms with Crippen molar-refractivity contribution in [2.24, 2.45) is 4.99 Å². The fourth-order valence-corrected chi connectivity index (χ4v) is 3.65. The fourth-order valence-electron chi connectivity index (χ4n) is 3.36. The quantitative estimate of drug-likeness (QED) is 0.341. The van der Waals surface area contributed by atoms with Crippen molar-refractivity contribution in [2.45, 2.75) is 6.04 Å². The molecule has 0 fully saturated rings. The van der Waals surface area contributed by atoms with Gasteiger partial charge in [-0.25, -0.2) is 9.98 Å². The number of benzene rings is 2. The zero-order chi connectivity index (χ0) is 22.1. The van der Waals surface area contributed by atoms with E-state index in [0.717, 1.165) is 16.7 Å². The van der Waals surface area contributed by atoms with E-state index in [1.165, 1.54) is 0 Å². The average Bonchev–Trinajstić information content (AvgIpc) is 2.75. The molecule has 1 aliphatic heterocycles. The van der Waals surface area contributed by atoms with Crippen molar-refractivity contribution in [1.82, 2.24) is 10.3 Å². The number of rotatable bonds is 2. The third kappa shape index (κ3) is 3.66. The summed E-state index contributed by atoms with van der Waals surface area (Å²) < 4.78 is 0. The van der Waals surface area contributed by atoms with Crippen LogP contribution in [-0.4, -0.2) is 10.9 Å². The molecule has 6 N–H and O–H groups in total. The van der Waals surface area contributed by atoms with Crippen molar-refractivity contribution in [3.8, 4) is 23.4 Å². The summed E-state index contributed by atoms with van der Waals surface area (Å²) >= 11 is 12.1. The normalized spacial score (nSPS) is 14.5. The van der Waals surface area contributed by atoms with E-state index in [4.69, 9.17) is 39.9 Å². The van der Waals surface area contributed by atoms with Crippen molar-refractivity contribution in [3.63, 3.8) is 0 Å². The lowest BCUT2D eigenvalue weighted by atomic mass is 9.93. The van der Waals surface area contributed by atoms with E-state index in [9.17, 15) is 5.26 Å². The Kier molecular flexibility index (Phi) is 5.26. The molecule has 3 aromatic rings. The zero-order valence-corrected chi connectivity index (χ0v) is 17.3. The Hall–Kier alpha value is -3.98. The van der Waals surface area contributed by atoms with Crippen LogP contribution in [0.2, 0.25) is 10.0 Å². The molecule has 152 valence electrons. The minimum absolute atomic E-state index is 0.00169. The SMILES string of the molecule is N#CNC1=NC(c2ccc(-c3ccc(Cl)c(Cl)c3)cc2)c2c(nc(N)c(C#N)c2N)N1. The van der Waals surface area contributed by atoms with Gasteiger partial charge in [0.15, 0.2) is 6.19 Å². The maximum absolute atomic E-state index is 9.42. The molecule has 0 bridgehead atoms. The Balaban J connectivity index is 1.81. The number of hydrogen-bond acceptors (Lipinski definition) is 8. The smallest absolute Gasteiger partial charge is 0.211 e. The van der Waals surface area contributed by atoms with Crippen molar-refractivity contribution < 1.29 is 0 Å². The lowest BCUT2D eigenvalue weighted by Crippen LogP contribution is -2.32. The largest absolute Gasteiger partial charge is 0.397 e. The molecule has 8 nitrogen and oxygen atoms in total. The maximum atomic E-state index is 9.42. The van der Waals surface area contributed by atoms with Gasteiger partial charge in [0.2, 0.25) is 5.96 Å². The van der Waals surface area contributed by atoms with Gasteiger partial charge in [-0.3, -0.25) is 5.32 Å². The molecule has 2 heterocycles. The first-order chi connectivity index (χ1) is 14.9. The summed E-state index contributed by atoms with van der Waals surface area (Å²) in [4.78, 5) is 8.78. The topological polar surface area (TPSA) is 149 Å². The molecule has 4 rings (SSSR count). The second kappa shape index (κ2) is 8.04. The highest BCUT2D eigenvalue weighted by molar-refractivity contribution is 6.42. The summed E-state index contributed by atoms with van der Waals surface area (Å²) in [5.74, 6) is 0.531. The Labute approximate surface area is 187 Å². The second-order valence-corrected chi connectivity index (χ2v) is 7.47. The Bertz CT molecular complexity index is 1300. The number of fused-ring (bicyclic) bond motifs is 1. The number of nitrogens with zero attached hydrogens (tertiary/aromatic N) is 4. The summed E-state index contributed by atoms with van der Waals surface area (Å²) in [5.41, 5.74) is 15.5. The standard InChI is InChI=1S/C21H14Cl2N8/c22-14-6-5-12(7-15(14)23)10-1-3-11(4-2-10)18-16-17(26)13(8-24)19(27)30-20(16)31-21(29-18)28-9-25/h1-7,18H,(H6,26,27,28,29,30,31).